The van der Waals surface area contributed by atoms with Gasteiger partial charge in [0.1, 0.15) is 5.70 Å². The Labute approximate surface area is 255 Å². The van der Waals surface area contributed by atoms with Gasteiger partial charge in [0, 0.05) is 21.8 Å². The summed E-state index contributed by atoms with van der Waals surface area (Å²) in [5.74, 6) is -0.668. The standard InChI is InChI=1S/C36H31N3O3S/c1-24-10-8-11-25(2)34(24)39-33(40)23-43-30-20-18-29(19-21-30)37-36(42)32(38-35(41)27-13-4-3-5-14-27)22-28-16-9-15-26-12-6-7-17-31(26)28/h3-22H,23H2,1-2H3,(H,37,42)(H,38,41)(H,39,40)/b32-22-. The lowest BCUT2D eigenvalue weighted by Gasteiger charge is -2.13. The molecular formula is C36H31N3O3S. The molecule has 0 bridgehead atoms. The molecule has 6 nitrogen and oxygen atoms in total. The van der Waals surface area contributed by atoms with Crippen molar-refractivity contribution in [2.24, 2.45) is 0 Å². The Kier molecular flexibility index (Phi) is 9.34. The molecule has 0 aliphatic rings. The van der Waals surface area contributed by atoms with E-state index in [2.05, 4.69) is 16.0 Å². The van der Waals surface area contributed by atoms with E-state index in [1.165, 1.54) is 11.8 Å². The van der Waals surface area contributed by atoms with Gasteiger partial charge < -0.3 is 16.0 Å². The molecule has 0 fully saturated rings. The minimum Gasteiger partial charge on any atom is -0.325 e. The van der Waals surface area contributed by atoms with Crippen LogP contribution in [0.15, 0.2) is 126 Å². The van der Waals surface area contributed by atoms with E-state index in [1.807, 2.05) is 92.7 Å². The number of fused-ring (bicyclic) bond motifs is 1. The van der Waals surface area contributed by atoms with Gasteiger partial charge in [0.05, 0.1) is 5.75 Å². The predicted octanol–water partition coefficient (Wildman–Crippen LogP) is 7.60. The molecule has 0 aliphatic heterocycles. The maximum atomic E-state index is 13.5. The normalized spacial score (nSPS) is 11.2. The molecule has 0 heterocycles. The first-order valence-corrected chi connectivity index (χ1v) is 14.8. The molecule has 0 saturated carbocycles. The van der Waals surface area contributed by atoms with Crippen LogP contribution in [0.25, 0.3) is 16.8 Å². The highest BCUT2D eigenvalue weighted by Crippen LogP contribution is 2.24. The SMILES string of the molecule is Cc1cccc(C)c1NC(=O)CSc1ccc(NC(=O)/C(=C/c2cccc3ccccc23)NC(=O)c2ccccc2)cc1. The van der Waals surface area contributed by atoms with Crippen LogP contribution in [-0.4, -0.2) is 23.5 Å². The highest BCUT2D eigenvalue weighted by molar-refractivity contribution is 8.00. The quantitative estimate of drug-likeness (QED) is 0.123. The van der Waals surface area contributed by atoms with Crippen molar-refractivity contribution in [3.05, 3.63) is 143 Å². The summed E-state index contributed by atoms with van der Waals surface area (Å²) in [6.45, 7) is 3.94. The number of para-hydroxylation sites is 1. The van der Waals surface area contributed by atoms with E-state index >= 15 is 0 Å². The van der Waals surface area contributed by atoms with Crippen molar-refractivity contribution in [2.45, 2.75) is 18.7 Å². The molecule has 0 aliphatic carbocycles. The minimum absolute atomic E-state index is 0.0860. The van der Waals surface area contributed by atoms with Gasteiger partial charge in [-0.2, -0.15) is 0 Å². The van der Waals surface area contributed by atoms with Crippen LogP contribution in [0.2, 0.25) is 0 Å². The minimum atomic E-state index is -0.453. The molecular weight excluding hydrogens is 554 g/mol. The van der Waals surface area contributed by atoms with E-state index < -0.39 is 5.91 Å². The number of aryl methyl sites for hydroxylation is 2. The first-order valence-electron chi connectivity index (χ1n) is 13.8. The van der Waals surface area contributed by atoms with Crippen LogP contribution >= 0.6 is 11.8 Å². The number of carbonyl (C=O) groups excluding carboxylic acids is 3. The third-order valence-electron chi connectivity index (χ3n) is 6.88. The molecule has 43 heavy (non-hydrogen) atoms. The maximum absolute atomic E-state index is 13.5. The molecule has 5 aromatic carbocycles. The van der Waals surface area contributed by atoms with E-state index in [-0.39, 0.29) is 23.3 Å². The van der Waals surface area contributed by atoms with Crippen molar-refractivity contribution in [1.29, 1.82) is 0 Å². The van der Waals surface area contributed by atoms with Crippen LogP contribution in [0.1, 0.15) is 27.0 Å². The average Bonchev–Trinajstić information content (AvgIpc) is 3.02. The van der Waals surface area contributed by atoms with Crippen molar-refractivity contribution in [1.82, 2.24) is 5.32 Å². The molecule has 0 spiro atoms. The Morgan fingerprint density at radius 2 is 1.35 bits per heavy atom. The zero-order valence-corrected chi connectivity index (χ0v) is 24.7. The molecule has 0 unspecified atom stereocenters. The topological polar surface area (TPSA) is 87.3 Å². The Hall–Kier alpha value is -5.14. The molecule has 0 radical (unpaired) electrons. The monoisotopic (exact) mass is 585 g/mol. The fourth-order valence-corrected chi connectivity index (χ4v) is 5.34. The van der Waals surface area contributed by atoms with Gasteiger partial charge in [-0.1, -0.05) is 78.9 Å². The van der Waals surface area contributed by atoms with Gasteiger partial charge in [0.15, 0.2) is 0 Å². The summed E-state index contributed by atoms with van der Waals surface area (Å²) >= 11 is 1.41. The summed E-state index contributed by atoms with van der Waals surface area (Å²) in [6, 6.07) is 35.6. The smallest absolute Gasteiger partial charge is 0.272 e. The fourth-order valence-electron chi connectivity index (χ4n) is 4.64. The van der Waals surface area contributed by atoms with Crippen molar-refractivity contribution in [2.75, 3.05) is 16.4 Å². The van der Waals surface area contributed by atoms with Gasteiger partial charge in [-0.15, -0.1) is 11.8 Å². The number of benzene rings is 5. The van der Waals surface area contributed by atoms with Gasteiger partial charge >= 0.3 is 0 Å². The number of thioether (sulfide) groups is 1. The first kappa shape index (κ1) is 29.4. The van der Waals surface area contributed by atoms with Gasteiger partial charge in [-0.25, -0.2) is 0 Å². The van der Waals surface area contributed by atoms with Crippen molar-refractivity contribution in [3.63, 3.8) is 0 Å². The number of hydrogen-bond donors (Lipinski definition) is 3. The molecule has 0 atom stereocenters. The van der Waals surface area contributed by atoms with Crippen LogP contribution < -0.4 is 16.0 Å². The summed E-state index contributed by atoms with van der Waals surface area (Å²) < 4.78 is 0. The molecule has 7 heteroatoms. The Bertz CT molecular complexity index is 1790. The number of carbonyl (C=O) groups is 3. The number of amides is 3. The second kappa shape index (κ2) is 13.7. The van der Waals surface area contributed by atoms with Crippen LogP contribution in [-0.2, 0) is 9.59 Å². The largest absolute Gasteiger partial charge is 0.325 e. The lowest BCUT2D eigenvalue weighted by atomic mass is 10.0. The van der Waals surface area contributed by atoms with E-state index in [4.69, 9.17) is 0 Å². The molecule has 0 saturated heterocycles. The third kappa shape index (κ3) is 7.58. The Balaban J connectivity index is 1.29. The zero-order valence-electron chi connectivity index (χ0n) is 23.9. The van der Waals surface area contributed by atoms with Crippen molar-refractivity contribution in [3.8, 4) is 0 Å². The molecule has 3 N–H and O–H groups in total. The van der Waals surface area contributed by atoms with Gasteiger partial charge in [-0.3, -0.25) is 14.4 Å². The predicted molar refractivity (Wildman–Crippen MR) is 176 cm³/mol. The lowest BCUT2D eigenvalue weighted by Crippen LogP contribution is -2.30. The summed E-state index contributed by atoms with van der Waals surface area (Å²) in [4.78, 5) is 40.0. The van der Waals surface area contributed by atoms with Crippen molar-refractivity contribution >= 4 is 57.7 Å². The second-order valence-electron chi connectivity index (χ2n) is 10.0. The van der Waals surface area contributed by atoms with Crippen molar-refractivity contribution < 1.29 is 14.4 Å². The first-order chi connectivity index (χ1) is 20.9. The van der Waals surface area contributed by atoms with Crippen LogP contribution in [0, 0.1) is 13.8 Å². The van der Waals surface area contributed by atoms with E-state index in [0.717, 1.165) is 38.0 Å². The Morgan fingerprint density at radius 3 is 2.09 bits per heavy atom. The molecule has 5 rings (SSSR count). The average molecular weight is 586 g/mol. The summed E-state index contributed by atoms with van der Waals surface area (Å²) in [5, 5.41) is 10.7. The van der Waals surface area contributed by atoms with E-state index in [1.54, 1.807) is 42.5 Å². The van der Waals surface area contributed by atoms with Crippen LogP contribution in [0.5, 0.6) is 0 Å². The van der Waals surface area contributed by atoms with Gasteiger partial charge in [0.25, 0.3) is 11.8 Å². The number of nitrogens with one attached hydrogen (secondary N) is 3. The van der Waals surface area contributed by atoms with E-state index in [0.29, 0.717) is 11.3 Å². The summed E-state index contributed by atoms with van der Waals surface area (Å²) in [6.07, 6.45) is 1.69. The number of hydrogen-bond acceptors (Lipinski definition) is 4. The fraction of sp³-hybridized carbons (Fsp3) is 0.0833. The molecule has 214 valence electrons. The zero-order chi connectivity index (χ0) is 30.2. The van der Waals surface area contributed by atoms with E-state index in [9.17, 15) is 14.4 Å². The number of rotatable bonds is 9. The highest BCUT2D eigenvalue weighted by atomic mass is 32.2. The van der Waals surface area contributed by atoms with Crippen LogP contribution in [0.3, 0.4) is 0 Å². The van der Waals surface area contributed by atoms with Crippen LogP contribution in [0.4, 0.5) is 11.4 Å². The van der Waals surface area contributed by atoms with Gasteiger partial charge in [0.2, 0.25) is 5.91 Å². The maximum Gasteiger partial charge on any atom is 0.272 e. The molecule has 3 amide bonds. The summed E-state index contributed by atoms with van der Waals surface area (Å²) in [5.41, 5.74) is 4.82. The second-order valence-corrected chi connectivity index (χ2v) is 11.1. The highest BCUT2D eigenvalue weighted by Gasteiger charge is 2.16. The molecule has 5 aromatic rings. The third-order valence-corrected chi connectivity index (χ3v) is 7.89. The van der Waals surface area contributed by atoms with Gasteiger partial charge in [-0.05, 0) is 83.8 Å². The lowest BCUT2D eigenvalue weighted by molar-refractivity contribution is -0.114. The molecule has 0 aromatic heterocycles. The number of anilines is 2. The summed E-state index contributed by atoms with van der Waals surface area (Å²) in [7, 11) is 0. The Morgan fingerprint density at radius 1 is 0.698 bits per heavy atom.